The van der Waals surface area contributed by atoms with Crippen LogP contribution in [0.1, 0.15) is 0 Å². The van der Waals surface area contributed by atoms with Crippen molar-refractivity contribution in [3.05, 3.63) is 55.2 Å². The maximum Gasteiger partial charge on any atom is 0.0703 e. The Balaban J connectivity index is 2.43. The van der Waals surface area contributed by atoms with Crippen molar-refractivity contribution in [2.45, 2.75) is 0 Å². The molecule has 1 heterocycles. The predicted octanol–water partition coefficient (Wildman–Crippen LogP) is 3.88. The molecule has 0 atom stereocenters. The van der Waals surface area contributed by atoms with Crippen LogP contribution in [0.2, 0.25) is 0 Å². The summed E-state index contributed by atoms with van der Waals surface area (Å²) in [6, 6.07) is 14.5. The van der Waals surface area contributed by atoms with Crippen LogP contribution in [0.5, 0.6) is 0 Å². The molecule has 0 amide bonds. The van der Waals surface area contributed by atoms with Crippen molar-refractivity contribution in [2.75, 3.05) is 5.32 Å². The largest absolute Gasteiger partial charge is 0.361 e. The summed E-state index contributed by atoms with van der Waals surface area (Å²) in [5, 5.41) is 5.64. The second-order valence-corrected chi connectivity index (χ2v) is 3.75. The molecule has 0 aliphatic heterocycles. The number of fused-ring (bicyclic) bond motifs is 3. The molecule has 0 saturated carbocycles. The van der Waals surface area contributed by atoms with Crippen LogP contribution in [0, 0.1) is 0 Å². The number of H-pyrrole nitrogens is 1. The van der Waals surface area contributed by atoms with Crippen LogP contribution < -0.4 is 5.32 Å². The first kappa shape index (κ1) is 9.04. The molecular formula is C14H12N2. The summed E-state index contributed by atoms with van der Waals surface area (Å²) < 4.78 is 0. The zero-order valence-corrected chi connectivity index (χ0v) is 8.83. The van der Waals surface area contributed by atoms with Crippen LogP contribution in [0.15, 0.2) is 55.2 Å². The molecule has 2 aromatic carbocycles. The lowest BCUT2D eigenvalue weighted by atomic mass is 10.1. The van der Waals surface area contributed by atoms with Gasteiger partial charge in [-0.15, -0.1) is 0 Å². The highest BCUT2D eigenvalue weighted by molar-refractivity contribution is 6.11. The summed E-state index contributed by atoms with van der Waals surface area (Å²) >= 11 is 0. The molecular weight excluding hydrogens is 196 g/mol. The molecule has 3 aromatic rings. The monoisotopic (exact) mass is 208 g/mol. The fourth-order valence-electron chi connectivity index (χ4n) is 2.10. The number of hydrogen-bond acceptors (Lipinski definition) is 1. The van der Waals surface area contributed by atoms with E-state index in [4.69, 9.17) is 0 Å². The lowest BCUT2D eigenvalue weighted by Gasteiger charge is -2.01. The van der Waals surface area contributed by atoms with E-state index in [1.165, 1.54) is 10.8 Å². The molecule has 0 unspecified atom stereocenters. The highest BCUT2D eigenvalue weighted by atomic mass is 14.9. The van der Waals surface area contributed by atoms with Crippen LogP contribution in [0.25, 0.3) is 21.8 Å². The molecule has 0 spiro atoms. The quantitative estimate of drug-likeness (QED) is 0.657. The Morgan fingerprint density at radius 3 is 2.69 bits per heavy atom. The highest BCUT2D eigenvalue weighted by Crippen LogP contribution is 2.29. The van der Waals surface area contributed by atoms with Crippen LogP contribution in [-0.2, 0) is 0 Å². The second-order valence-electron chi connectivity index (χ2n) is 3.75. The van der Waals surface area contributed by atoms with E-state index in [1.807, 2.05) is 12.1 Å². The van der Waals surface area contributed by atoms with Crippen molar-refractivity contribution in [1.82, 2.24) is 4.98 Å². The van der Waals surface area contributed by atoms with Crippen molar-refractivity contribution >= 4 is 27.5 Å². The second kappa shape index (κ2) is 3.42. The molecule has 2 N–H and O–H groups in total. The molecule has 0 saturated heterocycles. The van der Waals surface area contributed by atoms with Gasteiger partial charge in [-0.25, -0.2) is 0 Å². The molecule has 0 bridgehead atoms. The third-order valence-electron chi connectivity index (χ3n) is 2.80. The van der Waals surface area contributed by atoms with Crippen LogP contribution in [0.3, 0.4) is 0 Å². The Morgan fingerprint density at radius 2 is 1.81 bits per heavy atom. The Bertz CT molecular complexity index is 665. The smallest absolute Gasteiger partial charge is 0.0703 e. The lowest BCUT2D eigenvalue weighted by Crippen LogP contribution is -1.86. The standard InChI is InChI=1S/C14H12N2/c1-2-15-13-9-5-7-11-10-6-3-4-8-12(10)16-14(11)13/h2-9,15-16H,1H2. The van der Waals surface area contributed by atoms with Gasteiger partial charge in [0.2, 0.25) is 0 Å². The van der Waals surface area contributed by atoms with Gasteiger partial charge in [-0.3, -0.25) is 0 Å². The molecule has 0 radical (unpaired) electrons. The van der Waals surface area contributed by atoms with Gasteiger partial charge < -0.3 is 10.3 Å². The number of aromatic amines is 1. The Morgan fingerprint density at radius 1 is 1.00 bits per heavy atom. The number of nitrogens with one attached hydrogen (secondary N) is 2. The van der Waals surface area contributed by atoms with Gasteiger partial charge in [0.15, 0.2) is 0 Å². The van der Waals surface area contributed by atoms with Crippen molar-refractivity contribution in [1.29, 1.82) is 0 Å². The van der Waals surface area contributed by atoms with Gasteiger partial charge in [0, 0.05) is 16.3 Å². The number of anilines is 1. The van der Waals surface area contributed by atoms with E-state index >= 15 is 0 Å². The third-order valence-corrected chi connectivity index (χ3v) is 2.80. The highest BCUT2D eigenvalue weighted by Gasteiger charge is 2.05. The van der Waals surface area contributed by atoms with Crippen LogP contribution in [-0.4, -0.2) is 4.98 Å². The number of para-hydroxylation sites is 2. The average Bonchev–Trinajstić information content (AvgIpc) is 2.69. The number of hydrogen-bond donors (Lipinski definition) is 2. The Kier molecular flexibility index (Phi) is 1.93. The van der Waals surface area contributed by atoms with Gasteiger partial charge in [-0.2, -0.15) is 0 Å². The molecule has 78 valence electrons. The van der Waals surface area contributed by atoms with E-state index < -0.39 is 0 Å². The van der Waals surface area contributed by atoms with Gasteiger partial charge >= 0.3 is 0 Å². The van der Waals surface area contributed by atoms with E-state index in [9.17, 15) is 0 Å². The van der Waals surface area contributed by atoms with Gasteiger partial charge in [0.25, 0.3) is 0 Å². The molecule has 0 aliphatic carbocycles. The third kappa shape index (κ3) is 1.20. The predicted molar refractivity (Wildman–Crippen MR) is 69.6 cm³/mol. The summed E-state index contributed by atoms with van der Waals surface area (Å²) in [5.41, 5.74) is 3.35. The molecule has 0 aliphatic rings. The van der Waals surface area contributed by atoms with Gasteiger partial charge in [0.05, 0.1) is 11.2 Å². The SMILES string of the molecule is C=CNc1cccc2c1[nH]c1ccccc12. The lowest BCUT2D eigenvalue weighted by molar-refractivity contribution is 1.52. The minimum Gasteiger partial charge on any atom is -0.361 e. The summed E-state index contributed by atoms with van der Waals surface area (Å²) in [4.78, 5) is 3.42. The van der Waals surface area contributed by atoms with Crippen molar-refractivity contribution < 1.29 is 0 Å². The molecule has 0 fully saturated rings. The summed E-state index contributed by atoms with van der Waals surface area (Å²) in [6.45, 7) is 3.69. The fraction of sp³-hybridized carbons (Fsp3) is 0. The van der Waals surface area contributed by atoms with Crippen molar-refractivity contribution in [3.63, 3.8) is 0 Å². The maximum absolute atomic E-state index is 3.69. The Labute approximate surface area is 93.6 Å². The first-order chi connectivity index (χ1) is 7.90. The molecule has 2 heteroatoms. The number of benzene rings is 2. The first-order valence-electron chi connectivity index (χ1n) is 5.27. The van der Waals surface area contributed by atoms with Crippen LogP contribution >= 0.6 is 0 Å². The van der Waals surface area contributed by atoms with E-state index in [1.54, 1.807) is 6.20 Å². The zero-order chi connectivity index (χ0) is 11.0. The summed E-state index contributed by atoms with van der Waals surface area (Å²) in [5.74, 6) is 0. The minimum atomic E-state index is 1.06. The van der Waals surface area contributed by atoms with Crippen molar-refractivity contribution in [3.8, 4) is 0 Å². The molecule has 16 heavy (non-hydrogen) atoms. The van der Waals surface area contributed by atoms with Gasteiger partial charge in [0.1, 0.15) is 0 Å². The normalized spacial score (nSPS) is 10.8. The number of aromatic nitrogens is 1. The Hall–Kier alpha value is -2.22. The average molecular weight is 208 g/mol. The maximum atomic E-state index is 3.69. The van der Waals surface area contributed by atoms with E-state index in [0.29, 0.717) is 0 Å². The first-order valence-corrected chi connectivity index (χ1v) is 5.27. The van der Waals surface area contributed by atoms with E-state index in [-0.39, 0.29) is 0 Å². The molecule has 1 aromatic heterocycles. The summed E-state index contributed by atoms with van der Waals surface area (Å²) in [7, 11) is 0. The minimum absolute atomic E-state index is 1.06. The van der Waals surface area contributed by atoms with Gasteiger partial charge in [-0.05, 0) is 18.3 Å². The fourth-order valence-corrected chi connectivity index (χ4v) is 2.10. The molecule has 3 rings (SSSR count). The van der Waals surface area contributed by atoms with Crippen molar-refractivity contribution in [2.24, 2.45) is 0 Å². The zero-order valence-electron chi connectivity index (χ0n) is 8.83. The topological polar surface area (TPSA) is 27.8 Å². The van der Waals surface area contributed by atoms with Crippen LogP contribution in [0.4, 0.5) is 5.69 Å². The summed E-state index contributed by atoms with van der Waals surface area (Å²) in [6.07, 6.45) is 1.69. The number of rotatable bonds is 2. The molecule has 2 nitrogen and oxygen atoms in total. The van der Waals surface area contributed by atoms with E-state index in [0.717, 1.165) is 16.7 Å². The van der Waals surface area contributed by atoms with Gasteiger partial charge in [-0.1, -0.05) is 36.9 Å². The van der Waals surface area contributed by atoms with E-state index in [2.05, 4.69) is 47.2 Å².